The van der Waals surface area contributed by atoms with Gasteiger partial charge < -0.3 is 5.32 Å². The van der Waals surface area contributed by atoms with Gasteiger partial charge in [0.05, 0.1) is 6.04 Å². The number of benzene rings is 1. The van der Waals surface area contributed by atoms with Crippen LogP contribution in [0, 0.1) is 3.57 Å². The molecule has 96 valence electrons. The van der Waals surface area contributed by atoms with Crippen LogP contribution in [0.4, 0.5) is 5.69 Å². The summed E-state index contributed by atoms with van der Waals surface area (Å²) in [6, 6.07) is 17.3. The summed E-state index contributed by atoms with van der Waals surface area (Å²) in [5.74, 6) is 0. The molecule has 2 heterocycles. The van der Waals surface area contributed by atoms with Crippen molar-refractivity contribution >= 4 is 51.0 Å². The largest absolute Gasteiger partial charge is 0.372 e. The van der Waals surface area contributed by atoms with E-state index in [4.69, 9.17) is 0 Å². The zero-order chi connectivity index (χ0) is 13.1. The molecule has 0 aliphatic rings. The molecule has 0 saturated heterocycles. The van der Waals surface area contributed by atoms with E-state index >= 15 is 0 Å². The van der Waals surface area contributed by atoms with Crippen LogP contribution in [-0.4, -0.2) is 0 Å². The number of thiophene rings is 2. The number of nitrogens with one attached hydrogen (secondary N) is 1. The van der Waals surface area contributed by atoms with Gasteiger partial charge in [0.15, 0.2) is 0 Å². The molecular formula is C15H12INS2. The minimum absolute atomic E-state index is 0.246. The maximum Gasteiger partial charge on any atom is 0.0953 e. The zero-order valence-corrected chi connectivity index (χ0v) is 13.8. The highest BCUT2D eigenvalue weighted by Gasteiger charge is 2.16. The van der Waals surface area contributed by atoms with Gasteiger partial charge in [0.1, 0.15) is 0 Å². The van der Waals surface area contributed by atoms with Crippen molar-refractivity contribution in [2.75, 3.05) is 5.32 Å². The summed E-state index contributed by atoms with van der Waals surface area (Å²) in [6.45, 7) is 0. The molecule has 1 N–H and O–H groups in total. The third-order valence-corrected chi connectivity index (χ3v) is 5.64. The first-order chi connectivity index (χ1) is 9.34. The molecule has 3 aromatic rings. The second-order valence-corrected chi connectivity index (χ2v) is 7.21. The van der Waals surface area contributed by atoms with Gasteiger partial charge in [0.25, 0.3) is 0 Å². The Morgan fingerprint density at radius 2 is 1.47 bits per heavy atom. The minimum Gasteiger partial charge on any atom is -0.372 e. The van der Waals surface area contributed by atoms with E-state index in [0.29, 0.717) is 0 Å². The minimum atomic E-state index is 0.246. The lowest BCUT2D eigenvalue weighted by Gasteiger charge is -2.18. The molecule has 1 nitrogen and oxygen atoms in total. The van der Waals surface area contributed by atoms with Gasteiger partial charge in [0, 0.05) is 19.0 Å². The molecule has 0 aliphatic heterocycles. The van der Waals surface area contributed by atoms with Crippen LogP contribution in [-0.2, 0) is 0 Å². The smallest absolute Gasteiger partial charge is 0.0953 e. The number of anilines is 1. The Labute approximate surface area is 134 Å². The molecule has 0 aliphatic carbocycles. The van der Waals surface area contributed by atoms with Gasteiger partial charge in [-0.3, -0.25) is 0 Å². The highest BCUT2D eigenvalue weighted by molar-refractivity contribution is 14.1. The monoisotopic (exact) mass is 397 g/mol. The molecule has 2 aromatic heterocycles. The Balaban J connectivity index is 1.95. The van der Waals surface area contributed by atoms with Crippen molar-refractivity contribution in [3.63, 3.8) is 0 Å². The lowest BCUT2D eigenvalue weighted by atomic mass is 10.2. The predicted molar refractivity (Wildman–Crippen MR) is 93.3 cm³/mol. The Hall–Kier alpha value is -0.850. The van der Waals surface area contributed by atoms with Crippen LogP contribution in [0.5, 0.6) is 0 Å². The average Bonchev–Trinajstić information content (AvgIpc) is 3.11. The van der Waals surface area contributed by atoms with Crippen LogP contribution >= 0.6 is 45.3 Å². The van der Waals surface area contributed by atoms with Crippen LogP contribution in [0.15, 0.2) is 59.3 Å². The van der Waals surface area contributed by atoms with Crippen molar-refractivity contribution in [3.05, 3.63) is 72.6 Å². The molecule has 0 fully saturated rings. The zero-order valence-electron chi connectivity index (χ0n) is 10.0. The third-order valence-electron chi connectivity index (χ3n) is 2.83. The Kier molecular flexibility index (Phi) is 4.20. The van der Waals surface area contributed by atoms with Crippen LogP contribution in [0.3, 0.4) is 0 Å². The molecule has 0 saturated carbocycles. The van der Waals surface area contributed by atoms with E-state index in [1.54, 1.807) is 22.7 Å². The number of halogens is 1. The fourth-order valence-corrected chi connectivity index (χ4v) is 4.13. The van der Waals surface area contributed by atoms with Crippen LogP contribution in [0.25, 0.3) is 0 Å². The average molecular weight is 397 g/mol. The van der Waals surface area contributed by atoms with Crippen molar-refractivity contribution in [2.45, 2.75) is 6.04 Å². The number of para-hydroxylation sites is 1. The van der Waals surface area contributed by atoms with Crippen molar-refractivity contribution < 1.29 is 0 Å². The predicted octanol–water partition coefficient (Wildman–Crippen LogP) is 5.62. The summed E-state index contributed by atoms with van der Waals surface area (Å²) in [6.07, 6.45) is 0. The first-order valence-electron chi connectivity index (χ1n) is 5.92. The first kappa shape index (κ1) is 13.1. The van der Waals surface area contributed by atoms with Crippen LogP contribution < -0.4 is 5.32 Å². The van der Waals surface area contributed by atoms with Gasteiger partial charge in [-0.25, -0.2) is 0 Å². The Bertz CT molecular complexity index is 598. The lowest BCUT2D eigenvalue weighted by Crippen LogP contribution is -2.10. The summed E-state index contributed by atoms with van der Waals surface area (Å²) < 4.78 is 1.25. The van der Waals surface area contributed by atoms with Gasteiger partial charge in [-0.15, -0.1) is 22.7 Å². The number of hydrogen-bond donors (Lipinski definition) is 1. The molecule has 0 amide bonds. The van der Waals surface area contributed by atoms with Crippen LogP contribution in [0.2, 0.25) is 0 Å². The standard InChI is InChI=1S/C15H12INS2/c16-11-5-1-2-6-12(11)17-15(13-7-3-9-18-13)14-8-4-10-19-14/h1-10,15,17H. The molecule has 0 atom stereocenters. The van der Waals surface area contributed by atoms with Crippen molar-refractivity contribution in [2.24, 2.45) is 0 Å². The highest BCUT2D eigenvalue weighted by atomic mass is 127. The summed E-state index contributed by atoms with van der Waals surface area (Å²) in [5.41, 5.74) is 1.19. The fourth-order valence-electron chi connectivity index (χ4n) is 1.93. The molecule has 1 aromatic carbocycles. The summed E-state index contributed by atoms with van der Waals surface area (Å²) in [5, 5.41) is 7.93. The third kappa shape index (κ3) is 3.01. The quantitative estimate of drug-likeness (QED) is 0.564. The van der Waals surface area contributed by atoms with Gasteiger partial charge in [-0.1, -0.05) is 24.3 Å². The maximum absolute atomic E-state index is 3.67. The SMILES string of the molecule is Ic1ccccc1NC(c1cccs1)c1cccs1. The fraction of sp³-hybridized carbons (Fsp3) is 0.0667. The first-order valence-corrected chi connectivity index (χ1v) is 8.76. The van der Waals surface area contributed by atoms with E-state index < -0.39 is 0 Å². The molecule has 0 unspecified atom stereocenters. The van der Waals surface area contributed by atoms with Crippen molar-refractivity contribution in [1.82, 2.24) is 0 Å². The van der Waals surface area contributed by atoms with E-state index in [1.165, 1.54) is 19.0 Å². The summed E-state index contributed by atoms with van der Waals surface area (Å²) in [7, 11) is 0. The molecule has 4 heteroatoms. The van der Waals surface area contributed by atoms with Crippen molar-refractivity contribution in [3.8, 4) is 0 Å². The van der Waals surface area contributed by atoms with Gasteiger partial charge in [-0.05, 0) is 57.6 Å². The highest BCUT2D eigenvalue weighted by Crippen LogP contribution is 2.33. The lowest BCUT2D eigenvalue weighted by molar-refractivity contribution is 0.991. The van der Waals surface area contributed by atoms with E-state index in [9.17, 15) is 0 Å². The van der Waals surface area contributed by atoms with Gasteiger partial charge in [0.2, 0.25) is 0 Å². The van der Waals surface area contributed by atoms with E-state index in [-0.39, 0.29) is 6.04 Å². The maximum atomic E-state index is 3.67. The van der Waals surface area contributed by atoms with Gasteiger partial charge in [-0.2, -0.15) is 0 Å². The normalized spacial score (nSPS) is 10.8. The molecule has 3 rings (SSSR count). The van der Waals surface area contributed by atoms with E-state index in [2.05, 4.69) is 87.2 Å². The molecular weight excluding hydrogens is 385 g/mol. The van der Waals surface area contributed by atoms with Gasteiger partial charge >= 0.3 is 0 Å². The topological polar surface area (TPSA) is 12.0 Å². The van der Waals surface area contributed by atoms with Crippen molar-refractivity contribution in [1.29, 1.82) is 0 Å². The summed E-state index contributed by atoms with van der Waals surface area (Å²) in [4.78, 5) is 2.70. The Morgan fingerprint density at radius 1 is 0.842 bits per heavy atom. The number of rotatable bonds is 4. The molecule has 0 bridgehead atoms. The summed E-state index contributed by atoms with van der Waals surface area (Å²) >= 11 is 5.97. The van der Waals surface area contributed by atoms with E-state index in [1.807, 2.05) is 0 Å². The Morgan fingerprint density at radius 3 is 2.00 bits per heavy atom. The molecule has 0 spiro atoms. The second kappa shape index (κ2) is 6.07. The number of hydrogen-bond acceptors (Lipinski definition) is 3. The molecule has 19 heavy (non-hydrogen) atoms. The second-order valence-electron chi connectivity index (χ2n) is 4.09. The van der Waals surface area contributed by atoms with Crippen LogP contribution in [0.1, 0.15) is 15.8 Å². The molecule has 0 radical (unpaired) electrons. The van der Waals surface area contributed by atoms with E-state index in [0.717, 1.165) is 0 Å².